The molecule has 1 aromatic heterocycles. The summed E-state index contributed by atoms with van der Waals surface area (Å²) in [4.78, 5) is 28.4. The van der Waals surface area contributed by atoms with Crippen LogP contribution in [-0.4, -0.2) is 43.2 Å². The monoisotopic (exact) mass is 405 g/mol. The van der Waals surface area contributed by atoms with E-state index in [2.05, 4.69) is 34.2 Å². The van der Waals surface area contributed by atoms with Crippen molar-refractivity contribution < 1.29 is 19.1 Å². The molecule has 0 radical (unpaired) electrons. The van der Waals surface area contributed by atoms with E-state index in [1.165, 1.54) is 23.6 Å². The smallest absolute Gasteiger partial charge is 0.335 e. The molecule has 2 aromatic carbocycles. The van der Waals surface area contributed by atoms with Gasteiger partial charge >= 0.3 is 5.97 Å². The Labute approximate surface area is 174 Å². The van der Waals surface area contributed by atoms with Crippen molar-refractivity contribution in [3.63, 3.8) is 0 Å². The second-order valence-corrected chi connectivity index (χ2v) is 7.23. The summed E-state index contributed by atoms with van der Waals surface area (Å²) in [5.74, 6) is -1.28. The van der Waals surface area contributed by atoms with Gasteiger partial charge in [-0.2, -0.15) is 0 Å². The molecule has 3 aromatic rings. The molecule has 7 nitrogen and oxygen atoms in total. The zero-order valence-corrected chi connectivity index (χ0v) is 16.7. The van der Waals surface area contributed by atoms with E-state index >= 15 is 0 Å². The van der Waals surface area contributed by atoms with Gasteiger partial charge < -0.3 is 24.6 Å². The average Bonchev–Trinajstić information content (AvgIpc) is 3.29. The Kier molecular flexibility index (Phi) is 5.43. The third kappa shape index (κ3) is 4.00. The van der Waals surface area contributed by atoms with Crippen LogP contribution in [0.5, 0.6) is 0 Å². The molecule has 154 valence electrons. The second-order valence-electron chi connectivity index (χ2n) is 7.23. The Morgan fingerprint density at radius 2 is 1.63 bits per heavy atom. The van der Waals surface area contributed by atoms with Crippen molar-refractivity contribution in [2.45, 2.75) is 6.92 Å². The number of para-hydroxylation sites is 1. The number of carboxylic acids is 1. The Morgan fingerprint density at radius 3 is 2.27 bits per heavy atom. The largest absolute Gasteiger partial charge is 0.478 e. The molecule has 1 saturated heterocycles. The number of anilines is 3. The van der Waals surface area contributed by atoms with Gasteiger partial charge in [-0.25, -0.2) is 4.79 Å². The standard InChI is InChI=1S/C23H23N3O4/c1-16-5-2-3-6-19(16)25-10-12-26(13-11-25)20-9-8-17(23(28)29)15-18(20)24-22(27)21-7-4-14-30-21/h2-9,14-15H,10-13H2,1H3,(H,24,27)(H,28,29). The molecule has 2 heterocycles. The van der Waals surface area contributed by atoms with Gasteiger partial charge in [-0.3, -0.25) is 4.79 Å². The summed E-state index contributed by atoms with van der Waals surface area (Å²) in [5, 5.41) is 12.2. The van der Waals surface area contributed by atoms with Crippen LogP contribution in [0.3, 0.4) is 0 Å². The van der Waals surface area contributed by atoms with Gasteiger partial charge in [0.15, 0.2) is 5.76 Å². The number of aryl methyl sites for hydroxylation is 1. The van der Waals surface area contributed by atoms with Crippen LogP contribution in [0.25, 0.3) is 0 Å². The molecule has 1 fully saturated rings. The van der Waals surface area contributed by atoms with Crippen LogP contribution in [0.15, 0.2) is 65.3 Å². The third-order valence-electron chi connectivity index (χ3n) is 5.31. The number of nitrogens with one attached hydrogen (secondary N) is 1. The van der Waals surface area contributed by atoms with Crippen molar-refractivity contribution in [2.75, 3.05) is 41.3 Å². The first kappa shape index (κ1) is 19.6. The first-order valence-corrected chi connectivity index (χ1v) is 9.80. The van der Waals surface area contributed by atoms with E-state index in [1.54, 1.807) is 24.3 Å². The van der Waals surface area contributed by atoms with Crippen molar-refractivity contribution >= 4 is 28.9 Å². The minimum absolute atomic E-state index is 0.118. The van der Waals surface area contributed by atoms with Crippen molar-refractivity contribution in [3.05, 3.63) is 77.7 Å². The molecule has 0 atom stereocenters. The van der Waals surface area contributed by atoms with Crippen LogP contribution in [0.1, 0.15) is 26.5 Å². The molecule has 0 unspecified atom stereocenters. The highest BCUT2D eigenvalue weighted by Crippen LogP contribution is 2.30. The number of nitrogens with zero attached hydrogens (tertiary/aromatic N) is 2. The summed E-state index contributed by atoms with van der Waals surface area (Å²) in [6, 6.07) is 16.3. The topological polar surface area (TPSA) is 86.0 Å². The van der Waals surface area contributed by atoms with Gasteiger partial charge in [0, 0.05) is 31.9 Å². The number of hydrogen-bond acceptors (Lipinski definition) is 5. The number of hydrogen-bond donors (Lipinski definition) is 2. The molecule has 1 aliphatic rings. The van der Waals surface area contributed by atoms with Crippen molar-refractivity contribution in [1.29, 1.82) is 0 Å². The van der Waals surface area contributed by atoms with Crippen LogP contribution < -0.4 is 15.1 Å². The summed E-state index contributed by atoms with van der Waals surface area (Å²) in [6.45, 7) is 5.28. The van der Waals surface area contributed by atoms with Crippen LogP contribution in [-0.2, 0) is 0 Å². The SMILES string of the molecule is Cc1ccccc1N1CCN(c2ccc(C(=O)O)cc2NC(=O)c2ccco2)CC1. The van der Waals surface area contributed by atoms with Crippen molar-refractivity contribution in [1.82, 2.24) is 0 Å². The summed E-state index contributed by atoms with van der Waals surface area (Å²) in [5.41, 5.74) is 3.84. The number of rotatable bonds is 5. The summed E-state index contributed by atoms with van der Waals surface area (Å²) < 4.78 is 5.16. The predicted molar refractivity (Wildman–Crippen MR) is 116 cm³/mol. The molecule has 0 aliphatic carbocycles. The zero-order chi connectivity index (χ0) is 21.1. The summed E-state index contributed by atoms with van der Waals surface area (Å²) in [6.07, 6.45) is 1.42. The minimum atomic E-state index is -1.04. The number of aromatic carboxylic acids is 1. The maximum absolute atomic E-state index is 12.5. The lowest BCUT2D eigenvalue weighted by Crippen LogP contribution is -2.47. The van der Waals surface area contributed by atoms with Crippen LogP contribution >= 0.6 is 0 Å². The first-order chi connectivity index (χ1) is 14.5. The molecule has 0 spiro atoms. The Morgan fingerprint density at radius 1 is 0.933 bits per heavy atom. The van der Waals surface area contributed by atoms with Gasteiger partial charge in [-0.1, -0.05) is 18.2 Å². The van der Waals surface area contributed by atoms with E-state index in [9.17, 15) is 14.7 Å². The highest BCUT2D eigenvalue weighted by atomic mass is 16.4. The normalized spacial score (nSPS) is 13.9. The van der Waals surface area contributed by atoms with Crippen molar-refractivity contribution in [2.24, 2.45) is 0 Å². The maximum atomic E-state index is 12.5. The van der Waals surface area contributed by atoms with Crippen LogP contribution in [0.2, 0.25) is 0 Å². The lowest BCUT2D eigenvalue weighted by molar-refractivity contribution is 0.0696. The summed E-state index contributed by atoms with van der Waals surface area (Å²) in [7, 11) is 0. The fraction of sp³-hybridized carbons (Fsp3) is 0.217. The average molecular weight is 405 g/mol. The van der Waals surface area contributed by atoms with E-state index in [1.807, 2.05) is 12.1 Å². The van der Waals surface area contributed by atoms with Gasteiger partial charge in [-0.05, 0) is 48.9 Å². The van der Waals surface area contributed by atoms with E-state index in [4.69, 9.17) is 4.42 Å². The Balaban J connectivity index is 1.55. The fourth-order valence-electron chi connectivity index (χ4n) is 3.74. The molecule has 2 N–H and O–H groups in total. The first-order valence-electron chi connectivity index (χ1n) is 9.80. The molecule has 30 heavy (non-hydrogen) atoms. The van der Waals surface area contributed by atoms with Gasteiger partial charge in [0.05, 0.1) is 23.2 Å². The number of benzene rings is 2. The Bertz CT molecular complexity index is 1050. The van der Waals surface area contributed by atoms with Crippen molar-refractivity contribution in [3.8, 4) is 0 Å². The molecular weight excluding hydrogens is 382 g/mol. The van der Waals surface area contributed by atoms with Gasteiger partial charge in [-0.15, -0.1) is 0 Å². The molecular formula is C23H23N3O4. The Hall–Kier alpha value is -3.74. The molecule has 0 saturated carbocycles. The molecule has 1 amide bonds. The number of furan rings is 1. The number of carboxylic acid groups (broad SMARTS) is 1. The van der Waals surface area contributed by atoms with Gasteiger partial charge in [0.25, 0.3) is 5.91 Å². The fourth-order valence-corrected chi connectivity index (χ4v) is 3.74. The quantitative estimate of drug-likeness (QED) is 0.670. The molecule has 7 heteroatoms. The van der Waals surface area contributed by atoms with Crippen LogP contribution in [0, 0.1) is 6.92 Å². The lowest BCUT2D eigenvalue weighted by atomic mass is 10.1. The number of piperazine rings is 1. The van der Waals surface area contributed by atoms with E-state index in [-0.39, 0.29) is 11.3 Å². The van der Waals surface area contributed by atoms with Gasteiger partial charge in [0.1, 0.15) is 0 Å². The summed E-state index contributed by atoms with van der Waals surface area (Å²) >= 11 is 0. The van der Waals surface area contributed by atoms with Gasteiger partial charge in [0.2, 0.25) is 0 Å². The minimum Gasteiger partial charge on any atom is -0.478 e. The highest BCUT2D eigenvalue weighted by Gasteiger charge is 2.22. The number of amides is 1. The van der Waals surface area contributed by atoms with E-state index < -0.39 is 11.9 Å². The van der Waals surface area contributed by atoms with E-state index in [0.29, 0.717) is 5.69 Å². The molecule has 0 bridgehead atoms. The molecule has 4 rings (SSSR count). The highest BCUT2D eigenvalue weighted by molar-refractivity contribution is 6.05. The number of carbonyl (C=O) groups is 2. The lowest BCUT2D eigenvalue weighted by Gasteiger charge is -2.38. The third-order valence-corrected chi connectivity index (χ3v) is 5.31. The van der Waals surface area contributed by atoms with Crippen LogP contribution in [0.4, 0.5) is 17.1 Å². The maximum Gasteiger partial charge on any atom is 0.335 e. The second kappa shape index (κ2) is 8.32. The zero-order valence-electron chi connectivity index (χ0n) is 16.7. The predicted octanol–water partition coefficient (Wildman–Crippen LogP) is 3.87. The molecule has 1 aliphatic heterocycles. The van der Waals surface area contributed by atoms with E-state index in [0.717, 1.165) is 31.9 Å². The number of carbonyl (C=O) groups excluding carboxylic acids is 1.